The number of nitrogens with one attached hydrogen (secondary N) is 1. The highest BCUT2D eigenvalue weighted by Gasteiger charge is 2.23. The third kappa shape index (κ3) is 4.12. The van der Waals surface area contributed by atoms with Gasteiger partial charge in [-0.15, -0.1) is 0 Å². The van der Waals surface area contributed by atoms with E-state index in [1.54, 1.807) is 6.21 Å². The minimum absolute atomic E-state index is 0.225. The summed E-state index contributed by atoms with van der Waals surface area (Å²) in [6.45, 7) is 4.73. The molecule has 2 aromatic carbocycles. The van der Waals surface area contributed by atoms with Crippen LogP contribution in [-0.4, -0.2) is 33.3 Å². The fraction of sp³-hybridized carbons (Fsp3) is 0.250. The molecule has 3 N–H and O–H groups in total. The van der Waals surface area contributed by atoms with Crippen LogP contribution in [-0.2, 0) is 0 Å². The predicted molar refractivity (Wildman–Crippen MR) is 125 cm³/mol. The van der Waals surface area contributed by atoms with Crippen LogP contribution in [0.15, 0.2) is 53.6 Å². The highest BCUT2D eigenvalue weighted by molar-refractivity contribution is 6.10. The molecule has 0 aliphatic heterocycles. The highest BCUT2D eigenvalue weighted by Crippen LogP contribution is 2.27. The molecule has 0 aliphatic rings. The molecule has 7 nitrogen and oxygen atoms in total. The Morgan fingerprint density at radius 2 is 1.81 bits per heavy atom. The maximum Gasteiger partial charge on any atom is 0.257 e. The van der Waals surface area contributed by atoms with Gasteiger partial charge in [-0.05, 0) is 36.6 Å². The minimum atomic E-state index is -0.256. The largest absolute Gasteiger partial charge is 0.383 e. The van der Waals surface area contributed by atoms with Crippen molar-refractivity contribution in [2.24, 2.45) is 5.10 Å². The average molecular weight is 415 g/mol. The molecule has 1 amide bonds. The van der Waals surface area contributed by atoms with Crippen molar-refractivity contribution in [1.82, 2.24) is 20.0 Å². The lowest BCUT2D eigenvalue weighted by Crippen LogP contribution is -2.25. The first kappa shape index (κ1) is 20.5. The third-order valence-corrected chi connectivity index (χ3v) is 5.27. The first-order valence-corrected chi connectivity index (χ1v) is 10.5. The summed E-state index contributed by atoms with van der Waals surface area (Å²) in [5.41, 5.74) is 11.1. The number of nitrogen functional groups attached to an aromatic ring is 1. The van der Waals surface area contributed by atoms with E-state index in [9.17, 15) is 4.79 Å². The van der Waals surface area contributed by atoms with Crippen molar-refractivity contribution in [1.29, 1.82) is 0 Å². The van der Waals surface area contributed by atoms with E-state index in [-0.39, 0.29) is 11.7 Å². The molecule has 0 bridgehead atoms. The van der Waals surface area contributed by atoms with Crippen LogP contribution in [0.5, 0.6) is 0 Å². The number of anilines is 1. The van der Waals surface area contributed by atoms with Crippen LogP contribution in [0.1, 0.15) is 47.7 Å². The third-order valence-electron chi connectivity index (χ3n) is 5.27. The van der Waals surface area contributed by atoms with Crippen LogP contribution in [0.3, 0.4) is 0 Å². The molecular formula is C24H26N6O. The van der Waals surface area contributed by atoms with E-state index in [0.29, 0.717) is 28.8 Å². The molecule has 4 rings (SSSR count). The van der Waals surface area contributed by atoms with Gasteiger partial charge in [0, 0.05) is 6.54 Å². The number of aryl methyl sites for hydroxylation is 1. The molecule has 0 saturated heterocycles. The smallest absolute Gasteiger partial charge is 0.257 e. The van der Waals surface area contributed by atoms with Crippen LogP contribution in [0.25, 0.3) is 22.2 Å². The van der Waals surface area contributed by atoms with Gasteiger partial charge in [0.15, 0.2) is 5.65 Å². The Labute approximate surface area is 181 Å². The van der Waals surface area contributed by atoms with Crippen LogP contribution in [0.4, 0.5) is 5.82 Å². The number of carbonyl (C=O) groups is 1. The van der Waals surface area contributed by atoms with Gasteiger partial charge in [-0.25, -0.2) is 9.97 Å². The normalized spacial score (nSPS) is 11.5. The summed E-state index contributed by atoms with van der Waals surface area (Å²) in [6.07, 6.45) is 4.79. The van der Waals surface area contributed by atoms with Gasteiger partial charge in [-0.3, -0.25) is 4.79 Å². The van der Waals surface area contributed by atoms with Crippen molar-refractivity contribution in [3.05, 3.63) is 65.2 Å². The summed E-state index contributed by atoms with van der Waals surface area (Å²) in [5.74, 6) is -0.0313. The number of rotatable bonds is 7. The molecule has 0 radical (unpaired) electrons. The van der Waals surface area contributed by atoms with Crippen LogP contribution in [0, 0.1) is 6.92 Å². The van der Waals surface area contributed by atoms with Gasteiger partial charge in [0.25, 0.3) is 5.91 Å². The SMILES string of the molecule is CCCCCNC(=O)c1c(N)n(/N=C/c2ccccc2C)c2nc3ccccc3nc12. The fourth-order valence-electron chi connectivity index (χ4n) is 3.51. The summed E-state index contributed by atoms with van der Waals surface area (Å²) in [4.78, 5) is 22.4. The number of carbonyl (C=O) groups excluding carboxylic acids is 1. The van der Waals surface area contributed by atoms with Gasteiger partial charge in [0.05, 0.1) is 17.2 Å². The van der Waals surface area contributed by atoms with Crippen LogP contribution in [0.2, 0.25) is 0 Å². The molecule has 4 aromatic rings. The maximum atomic E-state index is 13.0. The Hall–Kier alpha value is -3.74. The van der Waals surface area contributed by atoms with Gasteiger partial charge in [-0.1, -0.05) is 56.2 Å². The lowest BCUT2D eigenvalue weighted by Gasteiger charge is -2.05. The zero-order chi connectivity index (χ0) is 21.8. The number of para-hydroxylation sites is 2. The van der Waals surface area contributed by atoms with Gasteiger partial charge in [-0.2, -0.15) is 9.78 Å². The molecule has 0 atom stereocenters. The molecule has 31 heavy (non-hydrogen) atoms. The zero-order valence-corrected chi connectivity index (χ0v) is 17.8. The maximum absolute atomic E-state index is 13.0. The Morgan fingerprint density at radius 3 is 2.55 bits per heavy atom. The quantitative estimate of drug-likeness (QED) is 0.348. The van der Waals surface area contributed by atoms with Crippen molar-refractivity contribution in [3.63, 3.8) is 0 Å². The highest BCUT2D eigenvalue weighted by atomic mass is 16.1. The standard InChI is InChI=1S/C24H26N6O/c1-3-4-9-14-26-24(31)20-21-23(29-19-13-8-7-12-18(19)28-21)30(22(20)25)27-15-17-11-6-5-10-16(17)2/h5-8,10-13,15H,3-4,9,14,25H2,1-2H3,(H,26,31)/b27-15+. The number of aromatic nitrogens is 3. The molecule has 0 saturated carbocycles. The molecule has 0 fully saturated rings. The predicted octanol–water partition coefficient (Wildman–Crippen LogP) is 4.28. The van der Waals surface area contributed by atoms with E-state index in [2.05, 4.69) is 17.3 Å². The van der Waals surface area contributed by atoms with E-state index >= 15 is 0 Å². The molecule has 2 heterocycles. The molecule has 7 heteroatoms. The Balaban J connectivity index is 1.83. The minimum Gasteiger partial charge on any atom is -0.383 e. The van der Waals surface area contributed by atoms with E-state index in [4.69, 9.17) is 15.7 Å². The number of amides is 1. The summed E-state index contributed by atoms with van der Waals surface area (Å²) in [5, 5.41) is 7.53. The molecule has 2 aromatic heterocycles. The van der Waals surface area contributed by atoms with E-state index in [1.807, 2.05) is 55.5 Å². The molecule has 158 valence electrons. The van der Waals surface area contributed by atoms with Gasteiger partial charge in [0.2, 0.25) is 0 Å². The fourth-order valence-corrected chi connectivity index (χ4v) is 3.51. The molecule has 0 aliphatic carbocycles. The Kier molecular flexibility index (Phi) is 5.93. The number of fused-ring (bicyclic) bond motifs is 2. The Bertz CT molecular complexity index is 1270. The number of nitrogens with zero attached hydrogens (tertiary/aromatic N) is 4. The monoisotopic (exact) mass is 414 g/mol. The molecule has 0 spiro atoms. The zero-order valence-electron chi connectivity index (χ0n) is 17.8. The van der Waals surface area contributed by atoms with Crippen molar-refractivity contribution in [2.75, 3.05) is 12.3 Å². The second kappa shape index (κ2) is 8.95. The van der Waals surface area contributed by atoms with E-state index in [0.717, 1.165) is 35.9 Å². The van der Waals surface area contributed by atoms with Gasteiger partial charge in [0.1, 0.15) is 16.9 Å². The summed E-state index contributed by atoms with van der Waals surface area (Å²) in [7, 11) is 0. The van der Waals surface area contributed by atoms with Crippen molar-refractivity contribution in [2.45, 2.75) is 33.1 Å². The number of hydrogen-bond donors (Lipinski definition) is 2. The second-order valence-electron chi connectivity index (χ2n) is 7.52. The number of hydrogen-bond acceptors (Lipinski definition) is 5. The summed E-state index contributed by atoms with van der Waals surface area (Å²) < 4.78 is 1.50. The number of nitrogens with two attached hydrogens (primary N) is 1. The topological polar surface area (TPSA) is 98.2 Å². The summed E-state index contributed by atoms with van der Waals surface area (Å²) in [6, 6.07) is 15.5. The van der Waals surface area contributed by atoms with E-state index < -0.39 is 0 Å². The van der Waals surface area contributed by atoms with Gasteiger partial charge < -0.3 is 11.1 Å². The second-order valence-corrected chi connectivity index (χ2v) is 7.52. The van der Waals surface area contributed by atoms with Crippen molar-refractivity contribution >= 4 is 40.1 Å². The molecule has 0 unspecified atom stereocenters. The Morgan fingerprint density at radius 1 is 1.10 bits per heavy atom. The average Bonchev–Trinajstić information content (AvgIpc) is 3.04. The summed E-state index contributed by atoms with van der Waals surface area (Å²) >= 11 is 0. The van der Waals surface area contributed by atoms with Crippen LogP contribution >= 0.6 is 0 Å². The van der Waals surface area contributed by atoms with Crippen molar-refractivity contribution < 1.29 is 4.79 Å². The van der Waals surface area contributed by atoms with Gasteiger partial charge >= 0.3 is 0 Å². The lowest BCUT2D eigenvalue weighted by atomic mass is 10.1. The van der Waals surface area contributed by atoms with Crippen molar-refractivity contribution in [3.8, 4) is 0 Å². The first-order chi connectivity index (χ1) is 15.1. The number of benzene rings is 2. The van der Waals surface area contributed by atoms with Crippen LogP contribution < -0.4 is 11.1 Å². The van der Waals surface area contributed by atoms with E-state index in [1.165, 1.54) is 4.68 Å². The molecular weight excluding hydrogens is 388 g/mol. The number of unbranched alkanes of at least 4 members (excludes halogenated alkanes) is 2. The lowest BCUT2D eigenvalue weighted by molar-refractivity contribution is 0.0955. The first-order valence-electron chi connectivity index (χ1n) is 10.5.